The number of nitrogens with one attached hydrogen (secondary N) is 1. The molecule has 0 saturated carbocycles. The maximum Gasteiger partial charge on any atom is 0.454 e. The van der Waals surface area contributed by atoms with E-state index in [-0.39, 0.29) is 5.56 Å². The van der Waals surface area contributed by atoms with Crippen molar-refractivity contribution in [3.63, 3.8) is 0 Å². The van der Waals surface area contributed by atoms with Gasteiger partial charge in [0.05, 0.1) is 11.6 Å². The molecule has 0 radical (unpaired) electrons. The minimum absolute atomic E-state index is 0.299. The minimum Gasteiger partial charge on any atom is -0.381 e. The summed E-state index contributed by atoms with van der Waals surface area (Å²) in [4.78, 5) is 11.4. The van der Waals surface area contributed by atoms with Gasteiger partial charge < -0.3 is 5.32 Å². The molecule has 0 aliphatic carbocycles. The van der Waals surface area contributed by atoms with Crippen molar-refractivity contribution in [3.05, 3.63) is 65.2 Å². The standard InChI is InChI=1S/C16H11F3N2O/c17-16(18,19)15(22)14-8-13(7-6-12(14)9-20)21-10-11-4-2-1-3-5-11/h1-8,21H,10H2. The highest BCUT2D eigenvalue weighted by atomic mass is 19.4. The number of hydrogen-bond acceptors (Lipinski definition) is 3. The second-order valence-electron chi connectivity index (χ2n) is 4.54. The normalized spacial score (nSPS) is 10.8. The van der Waals surface area contributed by atoms with E-state index in [2.05, 4.69) is 5.32 Å². The molecule has 0 amide bonds. The topological polar surface area (TPSA) is 52.9 Å². The lowest BCUT2D eigenvalue weighted by atomic mass is 10.0. The fourth-order valence-electron chi connectivity index (χ4n) is 1.89. The molecule has 6 heteroatoms. The molecule has 0 aliphatic rings. The molecule has 2 aromatic carbocycles. The third-order valence-corrected chi connectivity index (χ3v) is 2.98. The molecule has 3 nitrogen and oxygen atoms in total. The van der Waals surface area contributed by atoms with Crippen LogP contribution >= 0.6 is 0 Å². The van der Waals surface area contributed by atoms with Crippen LogP contribution in [0.5, 0.6) is 0 Å². The number of anilines is 1. The largest absolute Gasteiger partial charge is 0.454 e. The Morgan fingerprint density at radius 2 is 1.82 bits per heavy atom. The molecule has 2 rings (SSSR count). The van der Waals surface area contributed by atoms with Gasteiger partial charge >= 0.3 is 6.18 Å². The number of carbonyl (C=O) groups is 1. The molecule has 22 heavy (non-hydrogen) atoms. The van der Waals surface area contributed by atoms with Crippen molar-refractivity contribution in [2.45, 2.75) is 12.7 Å². The van der Waals surface area contributed by atoms with Crippen LogP contribution in [0.3, 0.4) is 0 Å². The van der Waals surface area contributed by atoms with Gasteiger partial charge in [-0.2, -0.15) is 18.4 Å². The van der Waals surface area contributed by atoms with Gasteiger partial charge in [-0.25, -0.2) is 0 Å². The summed E-state index contributed by atoms with van der Waals surface area (Å²) in [6.07, 6.45) is -5.01. The molecule has 2 aromatic rings. The van der Waals surface area contributed by atoms with Crippen molar-refractivity contribution in [2.24, 2.45) is 0 Å². The van der Waals surface area contributed by atoms with Crippen LogP contribution in [0.1, 0.15) is 21.5 Å². The second kappa shape index (κ2) is 6.31. The van der Waals surface area contributed by atoms with Gasteiger partial charge in [-0.1, -0.05) is 30.3 Å². The van der Waals surface area contributed by atoms with Gasteiger partial charge in [-0.05, 0) is 23.8 Å². The van der Waals surface area contributed by atoms with Crippen LogP contribution < -0.4 is 5.32 Å². The van der Waals surface area contributed by atoms with Crippen LogP contribution in [0.2, 0.25) is 0 Å². The van der Waals surface area contributed by atoms with Crippen molar-refractivity contribution < 1.29 is 18.0 Å². The first-order chi connectivity index (χ1) is 10.4. The van der Waals surface area contributed by atoms with Crippen molar-refractivity contribution >= 4 is 11.5 Å². The minimum atomic E-state index is -5.01. The first-order valence-electron chi connectivity index (χ1n) is 6.35. The van der Waals surface area contributed by atoms with E-state index in [1.165, 1.54) is 12.1 Å². The van der Waals surface area contributed by atoms with Gasteiger partial charge in [0.15, 0.2) is 0 Å². The van der Waals surface area contributed by atoms with E-state index in [1.54, 1.807) is 6.07 Å². The average Bonchev–Trinajstić information content (AvgIpc) is 2.52. The summed E-state index contributed by atoms with van der Waals surface area (Å²) in [6.45, 7) is 0.395. The molecule has 0 aromatic heterocycles. The molecule has 0 bridgehead atoms. The summed E-state index contributed by atoms with van der Waals surface area (Å²) in [6, 6.07) is 14.6. The Hall–Kier alpha value is -2.81. The van der Waals surface area contributed by atoms with Gasteiger partial charge in [0.25, 0.3) is 5.78 Å². The van der Waals surface area contributed by atoms with Crippen molar-refractivity contribution in [1.29, 1.82) is 5.26 Å². The zero-order valence-electron chi connectivity index (χ0n) is 11.3. The Kier molecular flexibility index (Phi) is 4.47. The van der Waals surface area contributed by atoms with Crippen LogP contribution in [0.15, 0.2) is 48.5 Å². The van der Waals surface area contributed by atoms with Crippen molar-refractivity contribution in [1.82, 2.24) is 0 Å². The van der Waals surface area contributed by atoms with E-state index < -0.39 is 17.5 Å². The number of carbonyl (C=O) groups excluding carboxylic acids is 1. The third kappa shape index (κ3) is 3.64. The molecule has 1 N–H and O–H groups in total. The predicted octanol–water partition coefficient (Wildman–Crippen LogP) is 3.92. The Labute approximate surface area is 125 Å². The van der Waals surface area contributed by atoms with E-state index in [1.807, 2.05) is 30.3 Å². The Morgan fingerprint density at radius 3 is 2.41 bits per heavy atom. The highest BCUT2D eigenvalue weighted by Gasteiger charge is 2.40. The van der Waals surface area contributed by atoms with E-state index in [9.17, 15) is 18.0 Å². The third-order valence-electron chi connectivity index (χ3n) is 2.98. The highest BCUT2D eigenvalue weighted by Crippen LogP contribution is 2.25. The van der Waals surface area contributed by atoms with E-state index in [4.69, 9.17) is 5.26 Å². The van der Waals surface area contributed by atoms with Gasteiger partial charge in [0, 0.05) is 17.8 Å². The summed E-state index contributed by atoms with van der Waals surface area (Å²) in [5.74, 6) is -2.02. The number of hydrogen-bond donors (Lipinski definition) is 1. The molecule has 0 atom stereocenters. The maximum atomic E-state index is 12.6. The zero-order chi connectivity index (χ0) is 16.2. The summed E-state index contributed by atoms with van der Waals surface area (Å²) >= 11 is 0. The molecule has 0 fully saturated rings. The van der Waals surface area contributed by atoms with E-state index in [0.717, 1.165) is 11.6 Å². The molecule has 112 valence electrons. The molecular weight excluding hydrogens is 293 g/mol. The maximum absolute atomic E-state index is 12.6. The van der Waals surface area contributed by atoms with Gasteiger partial charge in [-0.15, -0.1) is 0 Å². The van der Waals surface area contributed by atoms with Crippen LogP contribution in [0, 0.1) is 11.3 Å². The molecular formula is C16H11F3N2O. The average molecular weight is 304 g/mol. The summed E-state index contributed by atoms with van der Waals surface area (Å²) in [5.41, 5.74) is 0.339. The fraction of sp³-hybridized carbons (Fsp3) is 0.125. The number of Topliss-reactive ketones (excluding diaryl/α,β-unsaturated/α-hetero) is 1. The summed E-state index contributed by atoms with van der Waals surface area (Å²) in [7, 11) is 0. The number of alkyl halides is 3. The lowest BCUT2D eigenvalue weighted by Crippen LogP contribution is -2.23. The van der Waals surface area contributed by atoms with E-state index in [0.29, 0.717) is 12.2 Å². The van der Waals surface area contributed by atoms with Crippen LogP contribution in [-0.2, 0) is 6.54 Å². The predicted molar refractivity (Wildman–Crippen MR) is 75.3 cm³/mol. The van der Waals surface area contributed by atoms with Crippen LogP contribution in [0.4, 0.5) is 18.9 Å². The zero-order valence-corrected chi connectivity index (χ0v) is 11.3. The van der Waals surface area contributed by atoms with Gasteiger partial charge in [0.2, 0.25) is 0 Å². The smallest absolute Gasteiger partial charge is 0.381 e. The number of ketones is 1. The lowest BCUT2D eigenvalue weighted by Gasteiger charge is -2.11. The van der Waals surface area contributed by atoms with Crippen LogP contribution in [-0.4, -0.2) is 12.0 Å². The highest BCUT2D eigenvalue weighted by molar-refractivity contribution is 6.03. The van der Waals surface area contributed by atoms with Crippen molar-refractivity contribution in [3.8, 4) is 6.07 Å². The molecule has 0 spiro atoms. The molecule has 0 heterocycles. The fourth-order valence-corrected chi connectivity index (χ4v) is 1.89. The number of nitrogens with zero attached hydrogens (tertiary/aromatic N) is 1. The first kappa shape index (κ1) is 15.6. The number of benzene rings is 2. The Morgan fingerprint density at radius 1 is 1.14 bits per heavy atom. The lowest BCUT2D eigenvalue weighted by molar-refractivity contribution is -0.0885. The number of halogens is 3. The SMILES string of the molecule is N#Cc1ccc(NCc2ccccc2)cc1C(=O)C(F)(F)F. The Bertz CT molecular complexity index is 718. The number of rotatable bonds is 4. The van der Waals surface area contributed by atoms with Gasteiger partial charge in [0.1, 0.15) is 0 Å². The van der Waals surface area contributed by atoms with Crippen molar-refractivity contribution in [2.75, 3.05) is 5.32 Å². The Balaban J connectivity index is 2.24. The number of nitriles is 1. The molecule has 0 aliphatic heterocycles. The quantitative estimate of drug-likeness (QED) is 0.871. The van der Waals surface area contributed by atoms with Crippen LogP contribution in [0.25, 0.3) is 0 Å². The molecule has 0 saturated heterocycles. The second-order valence-corrected chi connectivity index (χ2v) is 4.54. The van der Waals surface area contributed by atoms with Gasteiger partial charge in [-0.3, -0.25) is 4.79 Å². The summed E-state index contributed by atoms with van der Waals surface area (Å²) < 4.78 is 37.7. The monoisotopic (exact) mass is 304 g/mol. The summed E-state index contributed by atoms with van der Waals surface area (Å²) in [5, 5.41) is 11.8. The van der Waals surface area contributed by atoms with E-state index >= 15 is 0 Å². The first-order valence-corrected chi connectivity index (χ1v) is 6.35. The molecule has 0 unspecified atom stereocenters.